The highest BCUT2D eigenvalue weighted by molar-refractivity contribution is 6.09. The Bertz CT molecular complexity index is 2910. The van der Waals surface area contributed by atoms with Crippen molar-refractivity contribution in [1.82, 2.24) is 19.9 Å². The molecule has 0 unspecified atom stereocenters. The lowest BCUT2D eigenvalue weighted by Gasteiger charge is -2.13. The molecule has 56 heavy (non-hydrogen) atoms. The first kappa shape index (κ1) is 33.0. The lowest BCUT2D eigenvalue weighted by Crippen LogP contribution is -1.95. The number of hydrogen-bond acceptors (Lipinski definition) is 4. The topological polar surface area (TPSA) is 51.6 Å². The minimum Gasteiger partial charge on any atom is -0.245 e. The van der Waals surface area contributed by atoms with Gasteiger partial charge in [-0.1, -0.05) is 188 Å². The normalized spacial score (nSPS) is 11.2. The molecule has 0 amide bonds. The summed E-state index contributed by atoms with van der Waals surface area (Å²) in [6, 6.07) is 71.5. The third kappa shape index (κ3) is 6.40. The fourth-order valence-electron chi connectivity index (χ4n) is 7.38. The number of rotatable bonds is 7. The van der Waals surface area contributed by atoms with Crippen LogP contribution in [0.1, 0.15) is 0 Å². The van der Waals surface area contributed by atoms with E-state index in [2.05, 4.69) is 146 Å². The van der Waals surface area contributed by atoms with Gasteiger partial charge in [0.1, 0.15) is 0 Å². The highest BCUT2D eigenvalue weighted by Gasteiger charge is 2.15. The van der Waals surface area contributed by atoms with Crippen LogP contribution in [-0.4, -0.2) is 19.9 Å². The summed E-state index contributed by atoms with van der Waals surface area (Å²) in [6.45, 7) is 0. The smallest absolute Gasteiger partial charge is 0.160 e. The van der Waals surface area contributed by atoms with E-state index in [4.69, 9.17) is 19.9 Å². The van der Waals surface area contributed by atoms with Crippen molar-refractivity contribution in [2.75, 3.05) is 0 Å². The first-order valence-electron chi connectivity index (χ1n) is 18.8. The van der Waals surface area contributed by atoms with Crippen LogP contribution in [0.25, 0.3) is 100 Å². The third-order valence-electron chi connectivity index (χ3n) is 10.3. The molecule has 262 valence electrons. The standard InChI is InChI=1S/C52H34N4/c1-5-13-38(14-6-1)46-32-30-42-29-31-44-45(33-47(39-15-7-2-8-16-39)54-51(44)50(42)53-46)37-25-21-35(22-26-37)36-23-27-41(28-24-36)49-34-48(40-17-9-3-10-18-40)55-52(56-49)43-19-11-4-12-20-43/h1-34H. The predicted octanol–water partition coefficient (Wildman–Crippen LogP) is 13.2. The monoisotopic (exact) mass is 714 g/mol. The molecule has 0 aliphatic heterocycles. The molecule has 0 aliphatic carbocycles. The van der Waals surface area contributed by atoms with E-state index in [-0.39, 0.29) is 0 Å². The van der Waals surface area contributed by atoms with Gasteiger partial charge in [-0.2, -0.15) is 0 Å². The molecule has 0 spiro atoms. The van der Waals surface area contributed by atoms with E-state index in [9.17, 15) is 0 Å². The number of benzene rings is 7. The number of aromatic nitrogens is 4. The summed E-state index contributed by atoms with van der Waals surface area (Å²) in [4.78, 5) is 20.4. The first-order chi connectivity index (χ1) is 27.7. The summed E-state index contributed by atoms with van der Waals surface area (Å²) < 4.78 is 0. The van der Waals surface area contributed by atoms with Crippen molar-refractivity contribution in [3.8, 4) is 78.7 Å². The van der Waals surface area contributed by atoms with Gasteiger partial charge in [-0.3, -0.25) is 0 Å². The lowest BCUT2D eigenvalue weighted by atomic mass is 9.95. The average Bonchev–Trinajstić information content (AvgIpc) is 3.29. The van der Waals surface area contributed by atoms with E-state index in [1.807, 2.05) is 60.7 Å². The molecule has 3 heterocycles. The molecule has 7 aromatic carbocycles. The third-order valence-corrected chi connectivity index (χ3v) is 10.3. The summed E-state index contributed by atoms with van der Waals surface area (Å²) in [6.07, 6.45) is 0. The average molecular weight is 715 g/mol. The Morgan fingerprint density at radius 1 is 0.250 bits per heavy atom. The van der Waals surface area contributed by atoms with Gasteiger partial charge in [-0.25, -0.2) is 19.9 Å². The van der Waals surface area contributed by atoms with E-state index in [1.165, 1.54) is 0 Å². The summed E-state index contributed by atoms with van der Waals surface area (Å²) in [5.41, 5.74) is 15.2. The van der Waals surface area contributed by atoms with Crippen molar-refractivity contribution < 1.29 is 0 Å². The van der Waals surface area contributed by atoms with Crippen molar-refractivity contribution in [1.29, 1.82) is 0 Å². The Balaban J connectivity index is 1.02. The van der Waals surface area contributed by atoms with Crippen molar-refractivity contribution in [2.24, 2.45) is 0 Å². The molecule has 3 aromatic heterocycles. The molecule has 0 bridgehead atoms. The van der Waals surface area contributed by atoms with Crippen LogP contribution in [-0.2, 0) is 0 Å². The molecule has 0 N–H and O–H groups in total. The van der Waals surface area contributed by atoms with Gasteiger partial charge in [0.15, 0.2) is 5.82 Å². The van der Waals surface area contributed by atoms with Crippen molar-refractivity contribution >= 4 is 21.8 Å². The zero-order chi connectivity index (χ0) is 37.3. The molecule has 0 saturated heterocycles. The maximum Gasteiger partial charge on any atom is 0.160 e. The van der Waals surface area contributed by atoms with Gasteiger partial charge >= 0.3 is 0 Å². The maximum atomic E-state index is 5.27. The second-order valence-corrected chi connectivity index (χ2v) is 13.9. The second kappa shape index (κ2) is 14.3. The summed E-state index contributed by atoms with van der Waals surface area (Å²) in [5.74, 6) is 0.709. The summed E-state index contributed by atoms with van der Waals surface area (Å²) in [5, 5.41) is 2.13. The van der Waals surface area contributed by atoms with Crippen molar-refractivity contribution in [3.63, 3.8) is 0 Å². The quantitative estimate of drug-likeness (QED) is 0.154. The maximum absolute atomic E-state index is 5.27. The van der Waals surface area contributed by atoms with Crippen LogP contribution in [0.2, 0.25) is 0 Å². The van der Waals surface area contributed by atoms with Gasteiger partial charge < -0.3 is 0 Å². The molecule has 0 saturated carbocycles. The van der Waals surface area contributed by atoms with E-state index in [0.717, 1.165) is 94.7 Å². The minimum atomic E-state index is 0.709. The Morgan fingerprint density at radius 3 is 1.21 bits per heavy atom. The Morgan fingerprint density at radius 2 is 0.661 bits per heavy atom. The fourth-order valence-corrected chi connectivity index (χ4v) is 7.38. The Kier molecular flexibility index (Phi) is 8.47. The molecule has 0 aliphatic rings. The van der Waals surface area contributed by atoms with Crippen molar-refractivity contribution in [3.05, 3.63) is 206 Å². The highest BCUT2D eigenvalue weighted by Crippen LogP contribution is 2.37. The number of nitrogens with zero attached hydrogens (tertiary/aromatic N) is 4. The summed E-state index contributed by atoms with van der Waals surface area (Å²) in [7, 11) is 0. The fraction of sp³-hybridized carbons (Fsp3) is 0. The number of pyridine rings is 2. The van der Waals surface area contributed by atoms with Gasteiger partial charge in [0.05, 0.1) is 33.8 Å². The van der Waals surface area contributed by atoms with Crippen LogP contribution in [0.3, 0.4) is 0 Å². The lowest BCUT2D eigenvalue weighted by molar-refractivity contribution is 1.18. The van der Waals surface area contributed by atoms with E-state index in [1.54, 1.807) is 0 Å². The Hall–Kier alpha value is -7.56. The van der Waals surface area contributed by atoms with Gasteiger partial charge in [0.2, 0.25) is 0 Å². The van der Waals surface area contributed by atoms with Gasteiger partial charge in [-0.05, 0) is 40.5 Å². The van der Waals surface area contributed by atoms with Gasteiger partial charge in [-0.15, -0.1) is 0 Å². The van der Waals surface area contributed by atoms with E-state index >= 15 is 0 Å². The SMILES string of the molecule is c1ccc(-c2cc(-c3ccc(-c4ccc(-c5cc(-c6ccccc6)nc6c5ccc5ccc(-c7ccccc7)nc56)cc4)cc3)nc(-c3ccccc3)n2)cc1. The number of fused-ring (bicyclic) bond motifs is 3. The molecule has 0 radical (unpaired) electrons. The summed E-state index contributed by atoms with van der Waals surface area (Å²) >= 11 is 0. The highest BCUT2D eigenvalue weighted by atomic mass is 14.9. The zero-order valence-electron chi connectivity index (χ0n) is 30.4. The van der Waals surface area contributed by atoms with Crippen LogP contribution in [0.15, 0.2) is 206 Å². The van der Waals surface area contributed by atoms with Crippen LogP contribution in [0.5, 0.6) is 0 Å². The van der Waals surface area contributed by atoms with Gasteiger partial charge in [0, 0.05) is 38.6 Å². The van der Waals surface area contributed by atoms with Gasteiger partial charge in [0.25, 0.3) is 0 Å². The van der Waals surface area contributed by atoms with E-state index < -0.39 is 0 Å². The van der Waals surface area contributed by atoms with Crippen LogP contribution in [0, 0.1) is 0 Å². The van der Waals surface area contributed by atoms with Crippen LogP contribution >= 0.6 is 0 Å². The molecular weight excluding hydrogens is 681 g/mol. The molecule has 4 heteroatoms. The first-order valence-corrected chi connectivity index (χ1v) is 18.8. The van der Waals surface area contributed by atoms with E-state index in [0.29, 0.717) is 5.82 Å². The predicted molar refractivity (Wildman–Crippen MR) is 231 cm³/mol. The molecular formula is C52H34N4. The molecule has 10 rings (SSSR count). The molecule has 0 atom stereocenters. The minimum absolute atomic E-state index is 0.709. The molecule has 0 fully saturated rings. The largest absolute Gasteiger partial charge is 0.245 e. The van der Waals surface area contributed by atoms with Crippen LogP contribution in [0.4, 0.5) is 0 Å². The molecule has 10 aromatic rings. The van der Waals surface area contributed by atoms with Crippen LogP contribution < -0.4 is 0 Å². The Labute approximate surface area is 325 Å². The second-order valence-electron chi connectivity index (χ2n) is 13.9. The van der Waals surface area contributed by atoms with Crippen molar-refractivity contribution in [2.45, 2.75) is 0 Å². The zero-order valence-corrected chi connectivity index (χ0v) is 30.4. The molecule has 4 nitrogen and oxygen atoms in total. The number of hydrogen-bond donors (Lipinski definition) is 0.